The Bertz CT molecular complexity index is 668. The standard InChI is InChI=1S/C12H14N4O2S/c1-9-3-2-6-14-11(9)8-16-19(17,18)10-4-5-12(13)15-7-10/h2-7,16H,8H2,1H3,(H2,13,15). The molecule has 0 amide bonds. The van der Waals surface area contributed by atoms with E-state index in [0.29, 0.717) is 5.69 Å². The van der Waals surface area contributed by atoms with E-state index >= 15 is 0 Å². The molecule has 0 aliphatic carbocycles. The minimum atomic E-state index is -3.60. The van der Waals surface area contributed by atoms with Crippen molar-refractivity contribution in [3.8, 4) is 0 Å². The second-order valence-electron chi connectivity index (χ2n) is 4.01. The Morgan fingerprint density at radius 3 is 2.68 bits per heavy atom. The molecule has 0 bridgehead atoms. The van der Waals surface area contributed by atoms with Gasteiger partial charge in [-0.25, -0.2) is 18.1 Å². The smallest absolute Gasteiger partial charge is 0.242 e. The van der Waals surface area contributed by atoms with Gasteiger partial charge >= 0.3 is 0 Å². The largest absolute Gasteiger partial charge is 0.384 e. The molecule has 2 aromatic rings. The summed E-state index contributed by atoms with van der Waals surface area (Å²) >= 11 is 0. The van der Waals surface area contributed by atoms with Crippen LogP contribution in [0, 0.1) is 6.92 Å². The highest BCUT2D eigenvalue weighted by Crippen LogP contribution is 2.10. The fraction of sp³-hybridized carbons (Fsp3) is 0.167. The van der Waals surface area contributed by atoms with E-state index in [4.69, 9.17) is 5.73 Å². The number of rotatable bonds is 4. The predicted octanol–water partition coefficient (Wildman–Crippen LogP) is 0.846. The van der Waals surface area contributed by atoms with Crippen LogP contribution in [0.25, 0.3) is 0 Å². The number of nitrogens with two attached hydrogens (primary N) is 1. The van der Waals surface area contributed by atoms with Crippen LogP contribution in [-0.2, 0) is 16.6 Å². The van der Waals surface area contributed by atoms with E-state index in [1.165, 1.54) is 18.3 Å². The lowest BCUT2D eigenvalue weighted by atomic mass is 10.2. The number of sulfonamides is 1. The van der Waals surface area contributed by atoms with E-state index in [1.807, 2.05) is 13.0 Å². The summed E-state index contributed by atoms with van der Waals surface area (Å²) in [6.45, 7) is 2.01. The van der Waals surface area contributed by atoms with Crippen molar-refractivity contribution in [2.45, 2.75) is 18.4 Å². The molecule has 19 heavy (non-hydrogen) atoms. The molecule has 0 unspecified atom stereocenters. The highest BCUT2D eigenvalue weighted by atomic mass is 32.2. The molecule has 2 heterocycles. The second-order valence-corrected chi connectivity index (χ2v) is 5.78. The third kappa shape index (κ3) is 3.27. The van der Waals surface area contributed by atoms with Crippen LogP contribution in [0.2, 0.25) is 0 Å². The highest BCUT2D eigenvalue weighted by molar-refractivity contribution is 7.89. The van der Waals surface area contributed by atoms with Gasteiger partial charge in [-0.1, -0.05) is 6.07 Å². The molecule has 6 nitrogen and oxygen atoms in total. The summed E-state index contributed by atoms with van der Waals surface area (Å²) in [5.74, 6) is 0.277. The zero-order chi connectivity index (χ0) is 13.9. The summed E-state index contributed by atoms with van der Waals surface area (Å²) in [6, 6.07) is 6.54. The number of anilines is 1. The molecular weight excluding hydrogens is 264 g/mol. The fourth-order valence-corrected chi connectivity index (χ4v) is 2.43. The van der Waals surface area contributed by atoms with Gasteiger partial charge in [0.2, 0.25) is 10.0 Å². The number of pyridine rings is 2. The van der Waals surface area contributed by atoms with Crippen LogP contribution < -0.4 is 10.5 Å². The molecule has 2 rings (SSSR count). The van der Waals surface area contributed by atoms with E-state index in [9.17, 15) is 8.42 Å². The summed E-state index contributed by atoms with van der Waals surface area (Å²) < 4.78 is 26.5. The first-order valence-electron chi connectivity index (χ1n) is 5.61. The number of nitrogens with zero attached hydrogens (tertiary/aromatic N) is 2. The van der Waals surface area contributed by atoms with Crippen LogP contribution in [0.15, 0.2) is 41.6 Å². The van der Waals surface area contributed by atoms with Crippen LogP contribution in [0.5, 0.6) is 0 Å². The first kappa shape index (κ1) is 13.4. The number of nitrogen functional groups attached to an aromatic ring is 1. The van der Waals surface area contributed by atoms with Gasteiger partial charge in [-0.05, 0) is 30.7 Å². The minimum Gasteiger partial charge on any atom is -0.384 e. The quantitative estimate of drug-likeness (QED) is 0.863. The van der Waals surface area contributed by atoms with Gasteiger partial charge in [0.15, 0.2) is 0 Å². The predicted molar refractivity (Wildman–Crippen MR) is 71.6 cm³/mol. The maximum Gasteiger partial charge on any atom is 0.242 e. The third-order valence-electron chi connectivity index (χ3n) is 2.62. The van der Waals surface area contributed by atoms with Crippen molar-refractivity contribution >= 4 is 15.8 Å². The molecule has 100 valence electrons. The zero-order valence-corrected chi connectivity index (χ0v) is 11.2. The Labute approximate surface area is 111 Å². The van der Waals surface area contributed by atoms with E-state index in [2.05, 4.69) is 14.7 Å². The molecule has 0 aliphatic rings. The Kier molecular flexibility index (Phi) is 3.77. The maximum absolute atomic E-state index is 12.0. The minimum absolute atomic E-state index is 0.0790. The van der Waals surface area contributed by atoms with E-state index in [0.717, 1.165) is 5.56 Å². The molecule has 7 heteroatoms. The van der Waals surface area contributed by atoms with Gasteiger partial charge in [0.1, 0.15) is 10.7 Å². The summed E-state index contributed by atoms with van der Waals surface area (Å²) in [6.07, 6.45) is 2.85. The Balaban J connectivity index is 2.14. The summed E-state index contributed by atoms with van der Waals surface area (Å²) in [7, 11) is -3.60. The van der Waals surface area contributed by atoms with Crippen LogP contribution in [0.3, 0.4) is 0 Å². The van der Waals surface area contributed by atoms with Gasteiger partial charge in [-0.15, -0.1) is 0 Å². The van der Waals surface area contributed by atoms with Gasteiger partial charge in [0.25, 0.3) is 0 Å². The van der Waals surface area contributed by atoms with E-state index in [-0.39, 0.29) is 17.3 Å². The van der Waals surface area contributed by atoms with Crippen LogP contribution in [-0.4, -0.2) is 18.4 Å². The fourth-order valence-electron chi connectivity index (χ4n) is 1.50. The normalized spacial score (nSPS) is 11.4. The lowest BCUT2D eigenvalue weighted by Crippen LogP contribution is -2.24. The number of aryl methyl sites for hydroxylation is 1. The summed E-state index contributed by atoms with van der Waals surface area (Å²) in [4.78, 5) is 7.97. The molecular formula is C12H14N4O2S. The van der Waals surface area contributed by atoms with Gasteiger partial charge in [0.05, 0.1) is 12.2 Å². The molecule has 0 aromatic carbocycles. The Morgan fingerprint density at radius 1 is 1.26 bits per heavy atom. The van der Waals surface area contributed by atoms with Crippen LogP contribution >= 0.6 is 0 Å². The first-order valence-corrected chi connectivity index (χ1v) is 7.09. The molecule has 0 atom stereocenters. The van der Waals surface area contributed by atoms with Gasteiger partial charge in [0, 0.05) is 12.4 Å². The number of hydrogen-bond acceptors (Lipinski definition) is 5. The SMILES string of the molecule is Cc1cccnc1CNS(=O)(=O)c1ccc(N)nc1. The highest BCUT2D eigenvalue weighted by Gasteiger charge is 2.14. The molecule has 2 aromatic heterocycles. The van der Waals surface area contributed by atoms with E-state index in [1.54, 1.807) is 12.3 Å². The van der Waals surface area contributed by atoms with Gasteiger partial charge in [-0.3, -0.25) is 4.98 Å². The van der Waals surface area contributed by atoms with E-state index < -0.39 is 10.0 Å². The second kappa shape index (κ2) is 5.33. The molecule has 3 N–H and O–H groups in total. The number of hydrogen-bond donors (Lipinski definition) is 2. The van der Waals surface area contributed by atoms with Gasteiger partial charge in [-0.2, -0.15) is 0 Å². The molecule has 0 saturated carbocycles. The molecule has 0 radical (unpaired) electrons. The molecule has 0 fully saturated rings. The Hall–Kier alpha value is -1.99. The lowest BCUT2D eigenvalue weighted by molar-refractivity contribution is 0.580. The van der Waals surface area contributed by atoms with Crippen molar-refractivity contribution in [3.05, 3.63) is 47.9 Å². The summed E-state index contributed by atoms with van der Waals surface area (Å²) in [5.41, 5.74) is 7.04. The third-order valence-corrected chi connectivity index (χ3v) is 4.00. The number of aromatic nitrogens is 2. The van der Waals surface area contributed by atoms with Crippen molar-refractivity contribution in [3.63, 3.8) is 0 Å². The average molecular weight is 278 g/mol. The van der Waals surface area contributed by atoms with Crippen LogP contribution in [0.1, 0.15) is 11.3 Å². The summed E-state index contributed by atoms with van der Waals surface area (Å²) in [5, 5.41) is 0. The average Bonchev–Trinajstić information content (AvgIpc) is 2.38. The zero-order valence-electron chi connectivity index (χ0n) is 10.4. The van der Waals surface area contributed by atoms with Crippen molar-refractivity contribution in [2.24, 2.45) is 0 Å². The van der Waals surface area contributed by atoms with Crippen LogP contribution in [0.4, 0.5) is 5.82 Å². The van der Waals surface area contributed by atoms with Crippen molar-refractivity contribution in [2.75, 3.05) is 5.73 Å². The number of nitrogens with one attached hydrogen (secondary N) is 1. The topological polar surface area (TPSA) is 98.0 Å². The van der Waals surface area contributed by atoms with Crippen molar-refractivity contribution < 1.29 is 8.42 Å². The van der Waals surface area contributed by atoms with Crippen molar-refractivity contribution in [1.82, 2.24) is 14.7 Å². The first-order chi connectivity index (χ1) is 8.99. The van der Waals surface area contributed by atoms with Gasteiger partial charge < -0.3 is 5.73 Å². The Morgan fingerprint density at radius 2 is 2.05 bits per heavy atom. The maximum atomic E-state index is 12.0. The van der Waals surface area contributed by atoms with Crippen molar-refractivity contribution in [1.29, 1.82) is 0 Å². The lowest BCUT2D eigenvalue weighted by Gasteiger charge is -2.07. The molecule has 0 saturated heterocycles. The molecule has 0 spiro atoms. The monoisotopic (exact) mass is 278 g/mol. The molecule has 0 aliphatic heterocycles.